The molecule has 0 atom stereocenters. The fraction of sp³-hybridized carbons (Fsp3) is 0.583. The lowest BCUT2D eigenvalue weighted by atomic mass is 10.0. The molecule has 1 N–H and O–H groups in total. The van der Waals surface area contributed by atoms with E-state index in [1.165, 1.54) is 4.57 Å². The molecule has 1 heterocycles. The van der Waals surface area contributed by atoms with Crippen LogP contribution in [0.2, 0.25) is 0 Å². The quantitative estimate of drug-likeness (QED) is 0.881. The molecule has 18 heavy (non-hydrogen) atoms. The fourth-order valence-corrected chi connectivity index (χ4v) is 1.85. The number of alkyl halides is 3. The number of carboxylic acid groups (broad SMARTS) is 1. The van der Waals surface area contributed by atoms with Gasteiger partial charge in [0, 0.05) is 18.9 Å². The standard InChI is InChI=1S/C12H16F3NO2/c1-3-8(4-2)5-16-6-9(11(17)18)10(7-16)12(13,14)15/h6-8H,3-5H2,1-2H3,(H,17,18). The van der Waals surface area contributed by atoms with E-state index >= 15 is 0 Å². The van der Waals surface area contributed by atoms with Crippen LogP contribution in [-0.4, -0.2) is 15.6 Å². The molecule has 0 aliphatic rings. The number of nitrogens with zero attached hydrogens (tertiary/aromatic N) is 1. The van der Waals surface area contributed by atoms with Gasteiger partial charge >= 0.3 is 12.1 Å². The van der Waals surface area contributed by atoms with E-state index in [9.17, 15) is 18.0 Å². The van der Waals surface area contributed by atoms with E-state index in [2.05, 4.69) is 0 Å². The second-order valence-corrected chi connectivity index (χ2v) is 4.27. The van der Waals surface area contributed by atoms with Gasteiger partial charge in [-0.05, 0) is 5.92 Å². The maximum atomic E-state index is 12.6. The third kappa shape index (κ3) is 3.27. The molecular weight excluding hydrogens is 247 g/mol. The molecule has 1 aromatic heterocycles. The first kappa shape index (κ1) is 14.6. The molecule has 0 aliphatic carbocycles. The Balaban J connectivity index is 3.07. The monoisotopic (exact) mass is 263 g/mol. The summed E-state index contributed by atoms with van der Waals surface area (Å²) in [6.45, 7) is 4.32. The Labute approximate surface area is 103 Å². The predicted molar refractivity (Wildman–Crippen MR) is 60.5 cm³/mol. The van der Waals surface area contributed by atoms with Crippen molar-refractivity contribution in [2.75, 3.05) is 0 Å². The van der Waals surface area contributed by atoms with Crippen molar-refractivity contribution in [2.24, 2.45) is 5.92 Å². The number of carboxylic acids is 1. The smallest absolute Gasteiger partial charge is 0.418 e. The molecule has 0 spiro atoms. The summed E-state index contributed by atoms with van der Waals surface area (Å²) in [5.41, 5.74) is -1.77. The minimum Gasteiger partial charge on any atom is -0.478 e. The van der Waals surface area contributed by atoms with Gasteiger partial charge in [0.25, 0.3) is 0 Å². The van der Waals surface area contributed by atoms with Gasteiger partial charge in [-0.1, -0.05) is 26.7 Å². The van der Waals surface area contributed by atoms with Gasteiger partial charge in [0.2, 0.25) is 0 Å². The van der Waals surface area contributed by atoms with Crippen LogP contribution in [0.3, 0.4) is 0 Å². The Kier molecular flexibility index (Phi) is 4.43. The first-order chi connectivity index (χ1) is 8.29. The summed E-state index contributed by atoms with van der Waals surface area (Å²) in [6.07, 6.45) is -1.00. The predicted octanol–water partition coefficient (Wildman–Crippen LogP) is 3.64. The van der Waals surface area contributed by atoms with Crippen LogP contribution in [-0.2, 0) is 12.7 Å². The van der Waals surface area contributed by atoms with Gasteiger partial charge in [0.15, 0.2) is 0 Å². The van der Waals surface area contributed by atoms with Gasteiger partial charge in [-0.25, -0.2) is 4.79 Å². The molecular formula is C12H16F3NO2. The molecule has 0 radical (unpaired) electrons. The summed E-state index contributed by atoms with van der Waals surface area (Å²) in [5, 5.41) is 8.78. The van der Waals surface area contributed by atoms with E-state index in [0.29, 0.717) is 6.54 Å². The summed E-state index contributed by atoms with van der Waals surface area (Å²) >= 11 is 0. The van der Waals surface area contributed by atoms with Crippen LogP contribution in [0.15, 0.2) is 12.4 Å². The number of hydrogen-bond donors (Lipinski definition) is 1. The molecule has 0 aromatic carbocycles. The lowest BCUT2D eigenvalue weighted by Gasteiger charge is -2.12. The van der Waals surface area contributed by atoms with E-state index in [4.69, 9.17) is 5.11 Å². The zero-order chi connectivity index (χ0) is 13.9. The summed E-state index contributed by atoms with van der Waals surface area (Å²) in [4.78, 5) is 10.8. The average molecular weight is 263 g/mol. The average Bonchev–Trinajstić information content (AvgIpc) is 2.69. The normalized spacial score (nSPS) is 12.1. The van der Waals surface area contributed by atoms with Crippen LogP contribution in [0.25, 0.3) is 0 Å². The molecule has 3 nitrogen and oxygen atoms in total. The number of halogens is 3. The lowest BCUT2D eigenvalue weighted by molar-refractivity contribution is -0.138. The van der Waals surface area contributed by atoms with E-state index < -0.39 is 23.3 Å². The van der Waals surface area contributed by atoms with Crippen LogP contribution >= 0.6 is 0 Å². The number of carbonyl (C=O) groups is 1. The molecule has 0 saturated carbocycles. The van der Waals surface area contributed by atoms with Crippen molar-refractivity contribution in [1.29, 1.82) is 0 Å². The molecule has 1 rings (SSSR count). The zero-order valence-corrected chi connectivity index (χ0v) is 10.3. The maximum Gasteiger partial charge on any atom is 0.418 e. The van der Waals surface area contributed by atoms with E-state index in [0.717, 1.165) is 25.2 Å². The molecule has 0 aliphatic heterocycles. The summed E-state index contributed by atoms with van der Waals surface area (Å²) in [6, 6.07) is 0. The molecule has 0 amide bonds. The Morgan fingerprint density at radius 2 is 1.89 bits per heavy atom. The van der Waals surface area contributed by atoms with Crippen LogP contribution in [0.5, 0.6) is 0 Å². The van der Waals surface area contributed by atoms with Crippen molar-refractivity contribution in [3.8, 4) is 0 Å². The highest BCUT2D eigenvalue weighted by Crippen LogP contribution is 2.33. The molecule has 6 heteroatoms. The Morgan fingerprint density at radius 3 is 2.22 bits per heavy atom. The first-order valence-electron chi connectivity index (χ1n) is 5.79. The first-order valence-corrected chi connectivity index (χ1v) is 5.79. The highest BCUT2D eigenvalue weighted by atomic mass is 19.4. The lowest BCUT2D eigenvalue weighted by Crippen LogP contribution is -2.10. The second kappa shape index (κ2) is 5.46. The molecule has 0 saturated heterocycles. The Bertz CT molecular complexity index is 419. The van der Waals surface area contributed by atoms with E-state index in [1.807, 2.05) is 13.8 Å². The van der Waals surface area contributed by atoms with Crippen molar-refractivity contribution in [3.63, 3.8) is 0 Å². The van der Waals surface area contributed by atoms with Crippen molar-refractivity contribution >= 4 is 5.97 Å². The highest BCUT2D eigenvalue weighted by Gasteiger charge is 2.37. The third-order valence-electron chi connectivity index (χ3n) is 3.04. The van der Waals surface area contributed by atoms with Gasteiger partial charge in [-0.3, -0.25) is 0 Å². The van der Waals surface area contributed by atoms with Gasteiger partial charge in [0.05, 0.1) is 11.1 Å². The van der Waals surface area contributed by atoms with E-state index in [-0.39, 0.29) is 5.92 Å². The maximum absolute atomic E-state index is 12.6. The fourth-order valence-electron chi connectivity index (χ4n) is 1.85. The van der Waals surface area contributed by atoms with Crippen LogP contribution in [0, 0.1) is 5.92 Å². The topological polar surface area (TPSA) is 42.2 Å². The second-order valence-electron chi connectivity index (χ2n) is 4.27. The van der Waals surface area contributed by atoms with Crippen LogP contribution < -0.4 is 0 Å². The Hall–Kier alpha value is -1.46. The highest BCUT2D eigenvalue weighted by molar-refractivity contribution is 5.89. The van der Waals surface area contributed by atoms with Crippen molar-refractivity contribution < 1.29 is 23.1 Å². The van der Waals surface area contributed by atoms with Gasteiger partial charge in [-0.2, -0.15) is 13.2 Å². The largest absolute Gasteiger partial charge is 0.478 e. The summed E-state index contributed by atoms with van der Waals surface area (Å²) in [5.74, 6) is -1.30. The minimum atomic E-state index is -4.63. The molecule has 102 valence electrons. The number of aromatic carboxylic acids is 1. The van der Waals surface area contributed by atoms with Gasteiger partial charge in [0.1, 0.15) is 0 Å². The molecule has 0 fully saturated rings. The Morgan fingerprint density at radius 1 is 1.33 bits per heavy atom. The number of hydrogen-bond acceptors (Lipinski definition) is 1. The SMILES string of the molecule is CCC(CC)Cn1cc(C(=O)O)c(C(F)(F)F)c1. The molecule has 0 unspecified atom stereocenters. The minimum absolute atomic E-state index is 0.250. The summed E-state index contributed by atoms with van der Waals surface area (Å²) in [7, 11) is 0. The summed E-state index contributed by atoms with van der Waals surface area (Å²) < 4.78 is 39.3. The zero-order valence-electron chi connectivity index (χ0n) is 10.3. The molecule has 0 bridgehead atoms. The number of aromatic nitrogens is 1. The van der Waals surface area contributed by atoms with Crippen molar-refractivity contribution in [2.45, 2.75) is 39.4 Å². The van der Waals surface area contributed by atoms with E-state index in [1.54, 1.807) is 0 Å². The number of rotatable bonds is 5. The van der Waals surface area contributed by atoms with Gasteiger partial charge in [-0.15, -0.1) is 0 Å². The van der Waals surface area contributed by atoms with Gasteiger partial charge < -0.3 is 9.67 Å². The van der Waals surface area contributed by atoms with Crippen LogP contribution in [0.4, 0.5) is 13.2 Å². The van der Waals surface area contributed by atoms with Crippen molar-refractivity contribution in [3.05, 3.63) is 23.5 Å². The van der Waals surface area contributed by atoms with Crippen LogP contribution in [0.1, 0.15) is 42.6 Å². The third-order valence-corrected chi connectivity index (χ3v) is 3.04. The van der Waals surface area contributed by atoms with Crippen molar-refractivity contribution in [1.82, 2.24) is 4.57 Å². The molecule has 1 aromatic rings.